The van der Waals surface area contributed by atoms with Gasteiger partial charge in [-0.25, -0.2) is 35.1 Å². The van der Waals surface area contributed by atoms with Crippen molar-refractivity contribution in [3.63, 3.8) is 0 Å². The number of H-pyrrole nitrogens is 2. The van der Waals surface area contributed by atoms with Crippen LogP contribution in [0.1, 0.15) is 39.6 Å². The molecule has 5 aromatic carbocycles. The van der Waals surface area contributed by atoms with Gasteiger partial charge in [0.05, 0.1) is 27.3 Å². The lowest BCUT2D eigenvalue weighted by molar-refractivity contribution is 0.579. The third kappa shape index (κ3) is 7.49. The van der Waals surface area contributed by atoms with Crippen LogP contribution in [-0.2, 0) is 32.9 Å². The molecule has 7 aromatic rings. The van der Waals surface area contributed by atoms with Crippen molar-refractivity contribution in [3.05, 3.63) is 167 Å². The average molecular weight is 750 g/mol. The van der Waals surface area contributed by atoms with E-state index in [0.717, 1.165) is 74.1 Å². The van der Waals surface area contributed by atoms with Crippen LogP contribution < -0.4 is 9.44 Å². The molecule has 0 aliphatic rings. The lowest BCUT2D eigenvalue weighted by atomic mass is 9.86. The van der Waals surface area contributed by atoms with E-state index in [1.54, 1.807) is 12.1 Å². The molecule has 7 rings (SSSR count). The second-order valence-corrected chi connectivity index (χ2v) is 16.0. The van der Waals surface area contributed by atoms with Crippen LogP contribution in [0.15, 0.2) is 131 Å². The van der Waals surface area contributed by atoms with Crippen molar-refractivity contribution < 1.29 is 25.6 Å². The predicted octanol–water partition coefficient (Wildman–Crippen LogP) is 7.02. The zero-order valence-corrected chi connectivity index (χ0v) is 29.7. The smallest absolute Gasteiger partial charge is 0.240 e. The Morgan fingerprint density at radius 1 is 0.585 bits per heavy atom. The molecule has 0 fully saturated rings. The molecule has 4 N–H and O–H groups in total. The molecule has 2 aromatic heterocycles. The summed E-state index contributed by atoms with van der Waals surface area (Å²) in [4.78, 5) is 7.12. The molecular weight excluding hydrogens is 717 g/mol. The first-order valence-electron chi connectivity index (χ1n) is 16.7. The van der Waals surface area contributed by atoms with Gasteiger partial charge in [0.1, 0.15) is 11.6 Å². The monoisotopic (exact) mass is 749 g/mol. The van der Waals surface area contributed by atoms with Gasteiger partial charge in [0.25, 0.3) is 0 Å². The van der Waals surface area contributed by atoms with Gasteiger partial charge < -0.3 is 9.97 Å². The lowest BCUT2D eigenvalue weighted by Crippen LogP contribution is -2.26. The van der Waals surface area contributed by atoms with Crippen molar-refractivity contribution in [2.45, 2.75) is 28.6 Å². The van der Waals surface area contributed by atoms with Gasteiger partial charge in [0.15, 0.2) is 0 Å². The van der Waals surface area contributed by atoms with Crippen LogP contribution in [0.2, 0.25) is 0 Å². The number of benzene rings is 5. The lowest BCUT2D eigenvalue weighted by Gasteiger charge is -2.21. The Hall–Kier alpha value is -5.65. The van der Waals surface area contributed by atoms with Crippen molar-refractivity contribution in [1.29, 1.82) is 5.26 Å². The summed E-state index contributed by atoms with van der Waals surface area (Å²) in [6, 6.07) is 34.1. The minimum absolute atomic E-state index is 0.0410. The second-order valence-electron chi connectivity index (χ2n) is 12.5. The summed E-state index contributed by atoms with van der Waals surface area (Å²) in [5.74, 6) is -1.57. The number of fused-ring (bicyclic) bond motifs is 2. The highest BCUT2D eigenvalue weighted by atomic mass is 32.2. The van der Waals surface area contributed by atoms with Gasteiger partial charge >= 0.3 is 0 Å². The first kappa shape index (κ1) is 35.7. The van der Waals surface area contributed by atoms with E-state index in [9.17, 15) is 30.9 Å². The molecular formula is C40H33F2N5O4S2. The summed E-state index contributed by atoms with van der Waals surface area (Å²) in [6.45, 7) is 0.0821. The van der Waals surface area contributed by atoms with Gasteiger partial charge in [-0.2, -0.15) is 5.26 Å². The van der Waals surface area contributed by atoms with Crippen molar-refractivity contribution in [2.24, 2.45) is 0 Å². The summed E-state index contributed by atoms with van der Waals surface area (Å²) in [5, 5.41) is 11.4. The van der Waals surface area contributed by atoms with Gasteiger partial charge in [0.2, 0.25) is 20.0 Å². The van der Waals surface area contributed by atoms with Crippen molar-refractivity contribution in [3.8, 4) is 6.07 Å². The molecule has 0 spiro atoms. The Morgan fingerprint density at radius 2 is 1.00 bits per heavy atom. The highest BCUT2D eigenvalue weighted by Crippen LogP contribution is 2.40. The van der Waals surface area contributed by atoms with E-state index in [2.05, 4.69) is 25.5 Å². The van der Waals surface area contributed by atoms with E-state index in [1.807, 2.05) is 60.7 Å². The fourth-order valence-electron chi connectivity index (χ4n) is 6.72. The van der Waals surface area contributed by atoms with E-state index in [4.69, 9.17) is 0 Å². The zero-order chi connectivity index (χ0) is 37.2. The summed E-state index contributed by atoms with van der Waals surface area (Å²) >= 11 is 0. The van der Waals surface area contributed by atoms with Crippen LogP contribution in [-0.4, -0.2) is 39.9 Å². The van der Waals surface area contributed by atoms with E-state index in [0.29, 0.717) is 18.4 Å². The Bertz CT molecular complexity index is 2530. The maximum atomic E-state index is 13.5. The van der Waals surface area contributed by atoms with Crippen LogP contribution in [0.25, 0.3) is 21.8 Å². The molecule has 9 nitrogen and oxygen atoms in total. The fourth-order valence-corrected chi connectivity index (χ4v) is 8.78. The Kier molecular flexibility index (Phi) is 9.96. The van der Waals surface area contributed by atoms with Crippen LogP contribution in [0.3, 0.4) is 0 Å². The molecule has 0 radical (unpaired) electrons. The molecule has 0 atom stereocenters. The summed E-state index contributed by atoms with van der Waals surface area (Å²) in [6.07, 6.45) is 0.583. The molecule has 0 aliphatic heterocycles. The van der Waals surface area contributed by atoms with Gasteiger partial charge in [-0.05, 0) is 102 Å². The Morgan fingerprint density at radius 3 is 1.42 bits per heavy atom. The highest BCUT2D eigenvalue weighted by Gasteiger charge is 2.29. The number of aromatic nitrogens is 2. The highest BCUT2D eigenvalue weighted by molar-refractivity contribution is 7.89. The average Bonchev–Trinajstić information content (AvgIpc) is 3.70. The van der Waals surface area contributed by atoms with Crippen LogP contribution in [0, 0.1) is 23.0 Å². The number of hydrogen-bond acceptors (Lipinski definition) is 5. The fraction of sp³-hybridized carbons (Fsp3) is 0.125. The number of nitrogens with one attached hydrogen (secondary N) is 4. The van der Waals surface area contributed by atoms with Crippen molar-refractivity contribution in [2.75, 3.05) is 13.1 Å². The van der Waals surface area contributed by atoms with Gasteiger partial charge in [-0.1, -0.05) is 48.5 Å². The number of hydrogen-bond donors (Lipinski definition) is 4. The number of rotatable bonds is 13. The molecule has 0 saturated carbocycles. The summed E-state index contributed by atoms with van der Waals surface area (Å²) < 4.78 is 84.9. The summed E-state index contributed by atoms with van der Waals surface area (Å²) in [5.41, 5.74) is 6.28. The Balaban J connectivity index is 1.30. The predicted molar refractivity (Wildman–Crippen MR) is 199 cm³/mol. The van der Waals surface area contributed by atoms with Crippen LogP contribution >= 0.6 is 0 Å². The number of halogens is 2. The standard InChI is InChI=1S/C40H33F2N5O4S2/c41-28-13-17-30(18-14-28)52(48,49)44-23-21-34-32-5-1-3-7-36(32)46-39(34)38(27-11-9-26(25-43)10-12-27)40-35(33-6-2-4-8-37(33)47-40)22-24-45-53(50,51)31-19-15-29(42)16-20-31/h1-20,38,44-47H,21-24H2. The number of nitriles is 1. The molecule has 0 amide bonds. The van der Waals surface area contributed by atoms with Crippen LogP contribution in [0.5, 0.6) is 0 Å². The molecule has 13 heteroatoms. The first-order chi connectivity index (χ1) is 25.5. The van der Waals surface area contributed by atoms with Crippen molar-refractivity contribution in [1.82, 2.24) is 19.4 Å². The van der Waals surface area contributed by atoms with Gasteiger partial charge in [0, 0.05) is 46.3 Å². The quantitative estimate of drug-likeness (QED) is 0.100. The molecule has 2 heterocycles. The largest absolute Gasteiger partial charge is 0.357 e. The molecule has 53 heavy (non-hydrogen) atoms. The zero-order valence-electron chi connectivity index (χ0n) is 28.1. The van der Waals surface area contributed by atoms with Gasteiger partial charge in [-0.15, -0.1) is 0 Å². The van der Waals surface area contributed by atoms with E-state index in [1.165, 1.54) is 24.3 Å². The second kappa shape index (κ2) is 14.8. The molecule has 0 aliphatic carbocycles. The number of sulfonamides is 2. The van der Waals surface area contributed by atoms with Gasteiger partial charge in [-0.3, -0.25) is 0 Å². The molecule has 0 saturated heterocycles. The van der Waals surface area contributed by atoms with E-state index >= 15 is 0 Å². The Labute approximate surface area is 305 Å². The molecule has 0 unspecified atom stereocenters. The number of aromatic amines is 2. The number of nitrogens with zero attached hydrogens (tertiary/aromatic N) is 1. The molecule has 268 valence electrons. The van der Waals surface area contributed by atoms with E-state index in [-0.39, 0.29) is 22.9 Å². The van der Waals surface area contributed by atoms with Crippen LogP contribution in [0.4, 0.5) is 8.78 Å². The minimum Gasteiger partial charge on any atom is -0.357 e. The normalized spacial score (nSPS) is 12.1. The minimum atomic E-state index is -3.94. The first-order valence-corrected chi connectivity index (χ1v) is 19.7. The SMILES string of the molecule is N#Cc1ccc(C(c2[nH]c3ccccc3c2CCNS(=O)(=O)c2ccc(F)cc2)c2[nH]c3ccccc3c2CCNS(=O)(=O)c2ccc(F)cc2)cc1. The molecule has 0 bridgehead atoms. The number of para-hydroxylation sites is 2. The third-order valence-corrected chi connectivity index (χ3v) is 12.2. The van der Waals surface area contributed by atoms with E-state index < -0.39 is 37.6 Å². The van der Waals surface area contributed by atoms with Crippen molar-refractivity contribution >= 4 is 41.9 Å². The maximum Gasteiger partial charge on any atom is 0.240 e. The third-order valence-electron chi connectivity index (χ3n) is 9.23. The maximum absolute atomic E-state index is 13.5. The topological polar surface area (TPSA) is 148 Å². The summed E-state index contributed by atoms with van der Waals surface area (Å²) in [7, 11) is -7.87.